The summed E-state index contributed by atoms with van der Waals surface area (Å²) in [6, 6.07) is 24.3. The Bertz CT molecular complexity index is 2060. The Morgan fingerprint density at radius 3 is 2.38 bits per heavy atom. The summed E-state index contributed by atoms with van der Waals surface area (Å²) in [5.41, 5.74) is 3.90. The number of benzene rings is 3. The first-order valence-electron chi connectivity index (χ1n) is 16.8. The van der Waals surface area contributed by atoms with Gasteiger partial charge in [-0.1, -0.05) is 36.4 Å². The average Bonchev–Trinajstić information content (AvgIpc) is 3.72. The van der Waals surface area contributed by atoms with E-state index in [0.29, 0.717) is 23.5 Å². The summed E-state index contributed by atoms with van der Waals surface area (Å²) in [5.74, 6) is -0.896. The third kappa shape index (κ3) is 9.13. The number of amides is 2. The van der Waals surface area contributed by atoms with Crippen molar-refractivity contribution in [3.05, 3.63) is 137 Å². The number of aromatic nitrogens is 4. The molecule has 1 fully saturated rings. The molecule has 11 nitrogen and oxygen atoms in total. The first-order chi connectivity index (χ1) is 25.0. The van der Waals surface area contributed by atoms with E-state index in [2.05, 4.69) is 20.1 Å². The van der Waals surface area contributed by atoms with Crippen molar-refractivity contribution in [2.75, 3.05) is 7.11 Å². The molecule has 1 aliphatic rings. The van der Waals surface area contributed by atoms with Crippen molar-refractivity contribution < 1.29 is 28.2 Å². The number of hydrogen-bond donors (Lipinski definition) is 1. The van der Waals surface area contributed by atoms with Gasteiger partial charge in [0.1, 0.15) is 17.1 Å². The molecule has 12 heteroatoms. The Morgan fingerprint density at radius 1 is 1.00 bits per heavy atom. The summed E-state index contributed by atoms with van der Waals surface area (Å²) < 4.78 is 25.9. The van der Waals surface area contributed by atoms with Gasteiger partial charge in [0, 0.05) is 42.5 Å². The van der Waals surface area contributed by atoms with Crippen LogP contribution in [0.1, 0.15) is 66.0 Å². The van der Waals surface area contributed by atoms with Crippen LogP contribution in [-0.4, -0.2) is 61.4 Å². The van der Waals surface area contributed by atoms with E-state index in [4.69, 9.17) is 9.72 Å². The van der Waals surface area contributed by atoms with Crippen LogP contribution in [0.5, 0.6) is 0 Å². The molecule has 1 aliphatic carbocycles. The van der Waals surface area contributed by atoms with Crippen LogP contribution in [0, 0.1) is 5.82 Å². The summed E-state index contributed by atoms with van der Waals surface area (Å²) in [7, 11) is 1.32. The van der Waals surface area contributed by atoms with Gasteiger partial charge in [0.15, 0.2) is 5.82 Å². The second-order valence-electron chi connectivity index (χ2n) is 13.4. The first kappa shape index (κ1) is 35.6. The molecular formula is C40H39FN6O5. The fourth-order valence-corrected chi connectivity index (χ4v) is 5.67. The fraction of sp³-hybridized carbons (Fsp3) is 0.250. The summed E-state index contributed by atoms with van der Waals surface area (Å²) in [4.78, 5) is 49.8. The molecule has 52 heavy (non-hydrogen) atoms. The molecule has 6 rings (SSSR count). The fourth-order valence-electron chi connectivity index (χ4n) is 5.67. The van der Waals surface area contributed by atoms with Crippen LogP contribution in [0.15, 0.2) is 103 Å². The zero-order valence-corrected chi connectivity index (χ0v) is 29.3. The molecule has 2 atom stereocenters. The molecule has 1 N–H and O–H groups in total. The highest BCUT2D eigenvalue weighted by Gasteiger charge is 2.46. The highest BCUT2D eigenvalue weighted by molar-refractivity contribution is 5.92. The quantitative estimate of drug-likeness (QED) is 0.117. The molecule has 5 aromatic rings. The van der Waals surface area contributed by atoms with E-state index in [0.717, 1.165) is 22.4 Å². The molecule has 2 heterocycles. The predicted octanol–water partition coefficient (Wildman–Crippen LogP) is 6.88. The zero-order chi connectivity index (χ0) is 36.8. The highest BCUT2D eigenvalue weighted by atomic mass is 19.1. The maximum Gasteiger partial charge on any atom is 0.410 e. The Balaban J connectivity index is 1.28. The van der Waals surface area contributed by atoms with Gasteiger partial charge in [0.25, 0.3) is 5.91 Å². The lowest BCUT2D eigenvalue weighted by molar-refractivity contribution is -0.134. The van der Waals surface area contributed by atoms with E-state index < -0.39 is 23.6 Å². The SMILES string of the molecule is COC(=O)/C=C/c1ccc(CNC(=O)c2cc(CN(C(=O)OC(C)(C)C)[C@@H]3C[C@H]3c3ccc(F)cc3)nc(-c3ccc(-n4cccn4)cc3)n2)cc1. The van der Waals surface area contributed by atoms with E-state index in [1.807, 2.05) is 60.8 Å². The number of esters is 1. The van der Waals surface area contributed by atoms with Gasteiger partial charge in [-0.25, -0.2) is 28.6 Å². The average molecular weight is 703 g/mol. The van der Waals surface area contributed by atoms with Crippen LogP contribution in [0.4, 0.5) is 9.18 Å². The van der Waals surface area contributed by atoms with Crippen molar-refractivity contribution in [2.24, 2.45) is 0 Å². The molecular weight excluding hydrogens is 663 g/mol. The van der Waals surface area contributed by atoms with Gasteiger partial charge in [-0.3, -0.25) is 9.69 Å². The van der Waals surface area contributed by atoms with Gasteiger partial charge >= 0.3 is 12.1 Å². The molecule has 2 aromatic heterocycles. The zero-order valence-electron chi connectivity index (χ0n) is 29.3. The van der Waals surface area contributed by atoms with E-state index in [1.54, 1.807) is 60.8 Å². The van der Waals surface area contributed by atoms with Crippen LogP contribution in [0.2, 0.25) is 0 Å². The van der Waals surface area contributed by atoms with E-state index >= 15 is 0 Å². The number of ether oxygens (including phenoxy) is 2. The Morgan fingerprint density at radius 2 is 1.73 bits per heavy atom. The van der Waals surface area contributed by atoms with Gasteiger partial charge in [-0.05, 0) is 98.5 Å². The van der Waals surface area contributed by atoms with Gasteiger partial charge in [-0.2, -0.15) is 5.10 Å². The Kier molecular flexibility index (Phi) is 10.5. The predicted molar refractivity (Wildman–Crippen MR) is 193 cm³/mol. The number of nitrogens with one attached hydrogen (secondary N) is 1. The standard InChI is InChI=1S/C40H39FN6O5/c1-40(2,3)52-39(50)46(35-23-33(35)28-11-15-30(41)16-12-28)25-31-22-34(38(49)42-24-27-8-6-26(7-9-27)10-19-36(48)51-4)45-37(44-31)29-13-17-32(18-14-29)47-21-5-20-43-47/h5-22,33,35H,23-25H2,1-4H3,(H,42,49)/b19-10+/t33-,35+/m0/s1. The maximum atomic E-state index is 13.7. The minimum atomic E-state index is -0.746. The van der Waals surface area contributed by atoms with Crippen molar-refractivity contribution in [3.8, 4) is 17.1 Å². The number of hydrogen-bond acceptors (Lipinski definition) is 8. The number of carbonyl (C=O) groups excluding carboxylic acids is 3. The lowest BCUT2D eigenvalue weighted by Gasteiger charge is -2.28. The van der Waals surface area contributed by atoms with Crippen molar-refractivity contribution in [2.45, 2.75) is 57.8 Å². The molecule has 0 aliphatic heterocycles. The largest absolute Gasteiger partial charge is 0.466 e. The van der Waals surface area contributed by atoms with Crippen LogP contribution in [0.3, 0.4) is 0 Å². The number of carbonyl (C=O) groups is 3. The third-order valence-electron chi connectivity index (χ3n) is 8.37. The van der Waals surface area contributed by atoms with Crippen LogP contribution in [0.25, 0.3) is 23.2 Å². The monoisotopic (exact) mass is 702 g/mol. The molecule has 3 aromatic carbocycles. The number of rotatable bonds is 11. The second kappa shape index (κ2) is 15.4. The topological polar surface area (TPSA) is 129 Å². The molecule has 0 unspecified atom stereocenters. The van der Waals surface area contributed by atoms with Gasteiger partial charge < -0.3 is 14.8 Å². The minimum absolute atomic E-state index is 0.00520. The third-order valence-corrected chi connectivity index (χ3v) is 8.37. The summed E-state index contributed by atoms with van der Waals surface area (Å²) >= 11 is 0. The van der Waals surface area contributed by atoms with Crippen molar-refractivity contribution in [1.82, 2.24) is 30.0 Å². The highest BCUT2D eigenvalue weighted by Crippen LogP contribution is 2.45. The van der Waals surface area contributed by atoms with E-state index in [-0.39, 0.29) is 36.6 Å². The van der Waals surface area contributed by atoms with E-state index in [9.17, 15) is 18.8 Å². The summed E-state index contributed by atoms with van der Waals surface area (Å²) in [5, 5.41) is 7.22. The van der Waals surface area contributed by atoms with E-state index in [1.165, 1.54) is 25.3 Å². The van der Waals surface area contributed by atoms with Gasteiger partial charge in [0.2, 0.25) is 0 Å². The number of nitrogens with zero attached hydrogens (tertiary/aromatic N) is 5. The molecule has 0 radical (unpaired) electrons. The number of methoxy groups -OCH3 is 1. The van der Waals surface area contributed by atoms with Gasteiger partial charge in [0.05, 0.1) is 25.0 Å². The molecule has 2 amide bonds. The molecule has 0 spiro atoms. The second-order valence-corrected chi connectivity index (χ2v) is 13.4. The molecule has 0 bridgehead atoms. The summed E-state index contributed by atoms with van der Waals surface area (Å²) in [6.07, 6.45) is 6.66. The lowest BCUT2D eigenvalue weighted by Crippen LogP contribution is -2.38. The van der Waals surface area contributed by atoms with Crippen molar-refractivity contribution >= 4 is 24.0 Å². The maximum absolute atomic E-state index is 13.7. The van der Waals surface area contributed by atoms with Crippen molar-refractivity contribution in [1.29, 1.82) is 0 Å². The van der Waals surface area contributed by atoms with Gasteiger partial charge in [-0.15, -0.1) is 0 Å². The minimum Gasteiger partial charge on any atom is -0.466 e. The Labute approximate surface area is 301 Å². The summed E-state index contributed by atoms with van der Waals surface area (Å²) in [6.45, 7) is 5.69. The normalized spacial score (nSPS) is 15.2. The Hall–Kier alpha value is -6.17. The van der Waals surface area contributed by atoms with Crippen LogP contribution in [-0.2, 0) is 27.4 Å². The molecule has 266 valence electrons. The lowest BCUT2D eigenvalue weighted by atomic mass is 10.1. The van der Waals surface area contributed by atoms with Crippen LogP contribution < -0.4 is 5.32 Å². The van der Waals surface area contributed by atoms with Crippen LogP contribution >= 0.6 is 0 Å². The molecule has 1 saturated carbocycles. The molecule has 0 saturated heterocycles. The first-order valence-corrected chi connectivity index (χ1v) is 16.8. The van der Waals surface area contributed by atoms with Crippen molar-refractivity contribution in [3.63, 3.8) is 0 Å². The smallest absolute Gasteiger partial charge is 0.410 e. The number of halogens is 1.